The minimum atomic E-state index is 0.541. The molecule has 12 heavy (non-hydrogen) atoms. The summed E-state index contributed by atoms with van der Waals surface area (Å²) in [6.07, 6.45) is 1.12. The van der Waals surface area contributed by atoms with Crippen LogP contribution in [0.5, 0.6) is 0 Å². The van der Waals surface area contributed by atoms with E-state index in [-0.39, 0.29) is 0 Å². The van der Waals surface area contributed by atoms with Gasteiger partial charge in [-0.25, -0.2) is 0 Å². The molecule has 0 aliphatic rings. The van der Waals surface area contributed by atoms with Crippen molar-refractivity contribution in [2.45, 2.75) is 19.4 Å². The van der Waals surface area contributed by atoms with E-state index in [1.807, 2.05) is 0 Å². The molecule has 0 fully saturated rings. The molecule has 1 atom stereocenters. The fourth-order valence-corrected chi connectivity index (χ4v) is 0.977. The molecule has 0 amide bonds. The first-order chi connectivity index (χ1) is 5.81. The molecule has 0 heterocycles. The maximum atomic E-state index is 5.36. The molecule has 0 saturated heterocycles. The first kappa shape index (κ1) is 11.8. The monoisotopic (exact) mass is 174 g/mol. The summed E-state index contributed by atoms with van der Waals surface area (Å²) < 4.78 is 0. The van der Waals surface area contributed by atoms with Crippen LogP contribution in [0.15, 0.2) is 0 Å². The zero-order chi connectivity index (χ0) is 9.23. The highest BCUT2D eigenvalue weighted by Crippen LogP contribution is 1.86. The van der Waals surface area contributed by atoms with E-state index in [2.05, 4.69) is 17.6 Å². The number of nitrogens with one attached hydrogen (secondary N) is 2. The van der Waals surface area contributed by atoms with Crippen molar-refractivity contribution in [3.8, 4) is 0 Å². The lowest BCUT2D eigenvalue weighted by Crippen LogP contribution is -2.34. The van der Waals surface area contributed by atoms with Gasteiger partial charge < -0.3 is 22.1 Å². The first-order valence-electron chi connectivity index (χ1n) is 4.65. The molecule has 0 aromatic heterocycles. The molecule has 0 aromatic carbocycles. The maximum absolute atomic E-state index is 5.36. The van der Waals surface area contributed by atoms with Crippen LogP contribution in [0.1, 0.15) is 13.3 Å². The highest BCUT2D eigenvalue weighted by molar-refractivity contribution is 4.62. The van der Waals surface area contributed by atoms with E-state index in [0.717, 1.165) is 26.1 Å². The van der Waals surface area contributed by atoms with Crippen LogP contribution in [0, 0.1) is 0 Å². The average molecular weight is 174 g/mol. The molecule has 0 bridgehead atoms. The minimum Gasteiger partial charge on any atom is -0.329 e. The van der Waals surface area contributed by atoms with E-state index in [1.54, 1.807) is 0 Å². The third kappa shape index (κ3) is 7.94. The highest BCUT2D eigenvalue weighted by Gasteiger charge is 1.98. The van der Waals surface area contributed by atoms with Crippen molar-refractivity contribution < 1.29 is 0 Å². The van der Waals surface area contributed by atoms with Crippen molar-refractivity contribution in [2.24, 2.45) is 11.5 Å². The average Bonchev–Trinajstić information content (AvgIpc) is 2.09. The van der Waals surface area contributed by atoms with Gasteiger partial charge in [0, 0.05) is 32.2 Å². The number of nitrogens with two attached hydrogens (primary N) is 2. The Morgan fingerprint density at radius 2 is 1.75 bits per heavy atom. The summed E-state index contributed by atoms with van der Waals surface area (Å²) in [5, 5.41) is 6.56. The second-order valence-corrected chi connectivity index (χ2v) is 2.97. The van der Waals surface area contributed by atoms with Gasteiger partial charge in [-0.1, -0.05) is 0 Å². The van der Waals surface area contributed by atoms with Crippen molar-refractivity contribution in [1.82, 2.24) is 10.6 Å². The third-order valence-electron chi connectivity index (χ3n) is 1.71. The molecule has 0 spiro atoms. The molecule has 4 nitrogen and oxygen atoms in total. The molecule has 6 N–H and O–H groups in total. The van der Waals surface area contributed by atoms with Crippen LogP contribution in [-0.4, -0.2) is 38.8 Å². The van der Waals surface area contributed by atoms with Crippen molar-refractivity contribution in [1.29, 1.82) is 0 Å². The minimum absolute atomic E-state index is 0.541. The van der Waals surface area contributed by atoms with E-state index in [0.29, 0.717) is 19.1 Å². The lowest BCUT2D eigenvalue weighted by Gasteiger charge is -2.12. The Labute approximate surface area is 75.1 Å². The van der Waals surface area contributed by atoms with Gasteiger partial charge in [0.25, 0.3) is 0 Å². The zero-order valence-corrected chi connectivity index (χ0v) is 7.97. The van der Waals surface area contributed by atoms with Gasteiger partial charge in [-0.05, 0) is 19.9 Å². The van der Waals surface area contributed by atoms with E-state index in [9.17, 15) is 0 Å². The summed E-state index contributed by atoms with van der Waals surface area (Å²) in [6.45, 7) is 6.42. The molecule has 74 valence electrons. The predicted molar refractivity (Wildman–Crippen MR) is 53.1 cm³/mol. The Morgan fingerprint density at radius 1 is 1.08 bits per heavy atom. The highest BCUT2D eigenvalue weighted by atomic mass is 14.9. The van der Waals surface area contributed by atoms with Crippen LogP contribution in [0.3, 0.4) is 0 Å². The molecule has 4 heteroatoms. The SMILES string of the molecule is CC(CCNCCN)NCCN. The van der Waals surface area contributed by atoms with E-state index in [4.69, 9.17) is 11.5 Å². The second-order valence-electron chi connectivity index (χ2n) is 2.97. The van der Waals surface area contributed by atoms with Gasteiger partial charge in [0.15, 0.2) is 0 Å². The van der Waals surface area contributed by atoms with Crippen LogP contribution in [0.25, 0.3) is 0 Å². The molecular formula is C8H22N4. The van der Waals surface area contributed by atoms with Crippen LogP contribution in [0.2, 0.25) is 0 Å². The smallest absolute Gasteiger partial charge is 0.00769 e. The van der Waals surface area contributed by atoms with Gasteiger partial charge in [-0.15, -0.1) is 0 Å². The van der Waals surface area contributed by atoms with Gasteiger partial charge in [0.1, 0.15) is 0 Å². The fourth-order valence-electron chi connectivity index (χ4n) is 0.977. The molecule has 1 unspecified atom stereocenters. The van der Waals surface area contributed by atoms with Gasteiger partial charge >= 0.3 is 0 Å². The lowest BCUT2D eigenvalue weighted by atomic mass is 10.2. The summed E-state index contributed by atoms with van der Waals surface area (Å²) in [7, 11) is 0. The third-order valence-corrected chi connectivity index (χ3v) is 1.71. The molecule has 0 aromatic rings. The fraction of sp³-hybridized carbons (Fsp3) is 1.00. The molecule has 0 aliphatic heterocycles. The Kier molecular flexibility index (Phi) is 8.81. The summed E-state index contributed by atoms with van der Waals surface area (Å²) in [6, 6.07) is 0.541. The quantitative estimate of drug-likeness (QED) is 0.351. The second kappa shape index (κ2) is 8.93. The van der Waals surface area contributed by atoms with E-state index >= 15 is 0 Å². The van der Waals surface area contributed by atoms with Crippen molar-refractivity contribution in [3.63, 3.8) is 0 Å². The van der Waals surface area contributed by atoms with Gasteiger partial charge in [0.05, 0.1) is 0 Å². The van der Waals surface area contributed by atoms with Crippen molar-refractivity contribution in [3.05, 3.63) is 0 Å². The maximum Gasteiger partial charge on any atom is 0.00769 e. The Balaban J connectivity index is 3.02. The molecule has 0 aliphatic carbocycles. The van der Waals surface area contributed by atoms with Crippen LogP contribution < -0.4 is 22.1 Å². The molecular weight excluding hydrogens is 152 g/mol. The summed E-state index contributed by atoms with van der Waals surface area (Å²) in [5.74, 6) is 0. The summed E-state index contributed by atoms with van der Waals surface area (Å²) in [5.41, 5.74) is 10.7. The van der Waals surface area contributed by atoms with Gasteiger partial charge in [-0.3, -0.25) is 0 Å². The number of rotatable bonds is 8. The Hall–Kier alpha value is -0.160. The van der Waals surface area contributed by atoms with Gasteiger partial charge in [-0.2, -0.15) is 0 Å². The number of hydrogen-bond donors (Lipinski definition) is 4. The topological polar surface area (TPSA) is 76.1 Å². The molecule has 0 saturated carbocycles. The summed E-state index contributed by atoms with van der Waals surface area (Å²) >= 11 is 0. The predicted octanol–water partition coefficient (Wildman–Crippen LogP) is -1.14. The largest absolute Gasteiger partial charge is 0.329 e. The van der Waals surface area contributed by atoms with Crippen LogP contribution >= 0.6 is 0 Å². The summed E-state index contributed by atoms with van der Waals surface area (Å²) in [4.78, 5) is 0. The van der Waals surface area contributed by atoms with Crippen molar-refractivity contribution in [2.75, 3.05) is 32.7 Å². The van der Waals surface area contributed by atoms with Gasteiger partial charge in [0.2, 0.25) is 0 Å². The zero-order valence-electron chi connectivity index (χ0n) is 7.97. The van der Waals surface area contributed by atoms with Crippen molar-refractivity contribution >= 4 is 0 Å². The van der Waals surface area contributed by atoms with E-state index in [1.165, 1.54) is 0 Å². The van der Waals surface area contributed by atoms with Crippen LogP contribution in [-0.2, 0) is 0 Å². The molecule has 0 rings (SSSR count). The Bertz CT molecular complexity index is 87.1. The normalized spacial score (nSPS) is 13.2. The Morgan fingerprint density at radius 3 is 2.33 bits per heavy atom. The first-order valence-corrected chi connectivity index (χ1v) is 4.65. The van der Waals surface area contributed by atoms with E-state index < -0.39 is 0 Å². The number of hydrogen-bond acceptors (Lipinski definition) is 4. The lowest BCUT2D eigenvalue weighted by molar-refractivity contribution is 0.500. The standard InChI is InChI=1S/C8H22N4/c1-8(12-7-4-10)2-5-11-6-3-9/h8,11-12H,2-7,9-10H2,1H3. The van der Waals surface area contributed by atoms with Crippen LogP contribution in [0.4, 0.5) is 0 Å². The molecule has 0 radical (unpaired) electrons.